The highest BCUT2D eigenvalue weighted by atomic mass is 15.2. The number of hydrogen-bond donors (Lipinski definition) is 1. The van der Waals surface area contributed by atoms with E-state index in [0.29, 0.717) is 0 Å². The number of likely N-dealkylation sites (N-methyl/N-ethyl adjacent to an activating group) is 1. The summed E-state index contributed by atoms with van der Waals surface area (Å²) in [5, 5.41) is 0. The molecule has 1 aromatic carbocycles. The molecule has 3 heteroatoms. The number of benzene rings is 1. The van der Waals surface area contributed by atoms with Crippen molar-refractivity contribution in [3.05, 3.63) is 30.3 Å². The second-order valence-corrected chi connectivity index (χ2v) is 6.52. The van der Waals surface area contributed by atoms with E-state index in [2.05, 4.69) is 61.0 Å². The highest BCUT2D eigenvalue weighted by Crippen LogP contribution is 2.31. The van der Waals surface area contributed by atoms with Crippen molar-refractivity contribution in [2.45, 2.75) is 32.2 Å². The summed E-state index contributed by atoms with van der Waals surface area (Å²) in [5.41, 5.74) is 7.56. The fourth-order valence-corrected chi connectivity index (χ4v) is 3.27. The molecule has 1 aliphatic heterocycles. The van der Waals surface area contributed by atoms with Crippen LogP contribution in [0.25, 0.3) is 0 Å². The number of hydrogen-bond acceptors (Lipinski definition) is 3. The van der Waals surface area contributed by atoms with Crippen LogP contribution >= 0.6 is 0 Å². The van der Waals surface area contributed by atoms with Gasteiger partial charge in [-0.3, -0.25) is 0 Å². The Hall–Kier alpha value is -1.06. The Balaban J connectivity index is 2.05. The van der Waals surface area contributed by atoms with Crippen LogP contribution in [0.1, 0.15) is 26.7 Å². The summed E-state index contributed by atoms with van der Waals surface area (Å²) < 4.78 is 0. The third-order valence-electron chi connectivity index (χ3n) is 4.65. The zero-order valence-electron chi connectivity index (χ0n) is 13.2. The van der Waals surface area contributed by atoms with Crippen LogP contribution in [0.2, 0.25) is 0 Å². The van der Waals surface area contributed by atoms with Gasteiger partial charge in [0.05, 0.1) is 5.54 Å². The van der Waals surface area contributed by atoms with E-state index >= 15 is 0 Å². The predicted octanol–water partition coefficient (Wildman–Crippen LogP) is 2.57. The van der Waals surface area contributed by atoms with E-state index in [9.17, 15) is 0 Å². The fraction of sp³-hybridized carbons (Fsp3) is 0.647. The number of rotatable bonds is 5. The summed E-state index contributed by atoms with van der Waals surface area (Å²) in [6.45, 7) is 8.84. The molecule has 0 aliphatic carbocycles. The Kier molecular flexibility index (Phi) is 5.06. The first-order chi connectivity index (χ1) is 9.57. The smallest absolute Gasteiger partial charge is 0.0545 e. The van der Waals surface area contributed by atoms with Gasteiger partial charge in [0.2, 0.25) is 0 Å². The first kappa shape index (κ1) is 15.3. The molecule has 0 unspecified atom stereocenters. The fourth-order valence-electron chi connectivity index (χ4n) is 3.27. The van der Waals surface area contributed by atoms with Gasteiger partial charge in [-0.15, -0.1) is 0 Å². The van der Waals surface area contributed by atoms with Crippen molar-refractivity contribution in [3.63, 3.8) is 0 Å². The van der Waals surface area contributed by atoms with Gasteiger partial charge < -0.3 is 15.5 Å². The maximum atomic E-state index is 6.16. The lowest BCUT2D eigenvalue weighted by atomic mass is 9.85. The van der Waals surface area contributed by atoms with Gasteiger partial charge in [-0.2, -0.15) is 0 Å². The summed E-state index contributed by atoms with van der Waals surface area (Å²) in [6.07, 6.45) is 2.31. The van der Waals surface area contributed by atoms with E-state index in [1.54, 1.807) is 0 Å². The van der Waals surface area contributed by atoms with E-state index in [0.717, 1.165) is 38.4 Å². The van der Waals surface area contributed by atoms with Crippen LogP contribution in [0.5, 0.6) is 0 Å². The van der Waals surface area contributed by atoms with Crippen LogP contribution in [-0.2, 0) is 0 Å². The highest BCUT2D eigenvalue weighted by Gasteiger charge is 2.37. The lowest BCUT2D eigenvalue weighted by Gasteiger charge is -2.48. The number of nitrogens with zero attached hydrogens (tertiary/aromatic N) is 2. The largest absolute Gasteiger partial charge is 0.368 e. The summed E-state index contributed by atoms with van der Waals surface area (Å²) in [7, 11) is 2.19. The standard InChI is InChI=1S/C17H29N3/c1-15(2)13-20-11-9-17(14-18,10-12-20)19(3)16-7-5-4-6-8-16/h4-8,15H,9-14,18H2,1-3H3. The van der Waals surface area contributed by atoms with Crippen molar-refractivity contribution in [1.29, 1.82) is 0 Å². The van der Waals surface area contributed by atoms with E-state index in [4.69, 9.17) is 5.73 Å². The topological polar surface area (TPSA) is 32.5 Å². The second kappa shape index (κ2) is 6.59. The van der Waals surface area contributed by atoms with Crippen molar-refractivity contribution in [1.82, 2.24) is 4.90 Å². The second-order valence-electron chi connectivity index (χ2n) is 6.52. The molecule has 0 aromatic heterocycles. The molecule has 1 fully saturated rings. The van der Waals surface area contributed by atoms with Gasteiger partial charge in [-0.05, 0) is 30.9 Å². The molecule has 0 saturated carbocycles. The normalized spacial score (nSPS) is 19.2. The lowest BCUT2D eigenvalue weighted by Crippen LogP contribution is -2.58. The molecule has 1 saturated heterocycles. The van der Waals surface area contributed by atoms with Crippen molar-refractivity contribution in [3.8, 4) is 0 Å². The number of nitrogens with two attached hydrogens (primary N) is 1. The van der Waals surface area contributed by atoms with Crippen LogP contribution in [0.3, 0.4) is 0 Å². The van der Waals surface area contributed by atoms with E-state index in [-0.39, 0.29) is 5.54 Å². The minimum atomic E-state index is 0.120. The Morgan fingerprint density at radius 2 is 1.80 bits per heavy atom. The molecule has 0 atom stereocenters. The van der Waals surface area contributed by atoms with Gasteiger partial charge in [0, 0.05) is 38.9 Å². The van der Waals surface area contributed by atoms with Crippen LogP contribution in [0.4, 0.5) is 5.69 Å². The summed E-state index contributed by atoms with van der Waals surface area (Å²) in [4.78, 5) is 4.98. The maximum Gasteiger partial charge on any atom is 0.0545 e. The van der Waals surface area contributed by atoms with Crippen LogP contribution in [0, 0.1) is 5.92 Å². The summed E-state index contributed by atoms with van der Waals surface area (Å²) in [5.74, 6) is 0.743. The molecule has 2 rings (SSSR count). The molecule has 20 heavy (non-hydrogen) atoms. The minimum Gasteiger partial charge on any atom is -0.368 e. The monoisotopic (exact) mass is 275 g/mol. The molecule has 1 aliphatic rings. The van der Waals surface area contributed by atoms with Crippen molar-refractivity contribution >= 4 is 5.69 Å². The molecule has 0 spiro atoms. The third kappa shape index (κ3) is 3.33. The molecule has 3 nitrogen and oxygen atoms in total. The van der Waals surface area contributed by atoms with Crippen LogP contribution in [0.15, 0.2) is 30.3 Å². The molecule has 0 amide bonds. The van der Waals surface area contributed by atoms with Crippen LogP contribution in [-0.4, -0.2) is 43.7 Å². The molecule has 1 heterocycles. The number of likely N-dealkylation sites (tertiary alicyclic amines) is 1. The summed E-state index contributed by atoms with van der Waals surface area (Å²) >= 11 is 0. The van der Waals surface area contributed by atoms with E-state index in [1.807, 2.05) is 0 Å². The first-order valence-electron chi connectivity index (χ1n) is 7.79. The van der Waals surface area contributed by atoms with E-state index < -0.39 is 0 Å². The molecule has 2 N–H and O–H groups in total. The van der Waals surface area contributed by atoms with Crippen molar-refractivity contribution in [2.75, 3.05) is 38.1 Å². The van der Waals surface area contributed by atoms with Crippen molar-refractivity contribution < 1.29 is 0 Å². The average molecular weight is 275 g/mol. The van der Waals surface area contributed by atoms with E-state index in [1.165, 1.54) is 12.2 Å². The quantitative estimate of drug-likeness (QED) is 0.896. The highest BCUT2D eigenvalue weighted by molar-refractivity contribution is 5.48. The Morgan fingerprint density at radius 3 is 2.30 bits per heavy atom. The third-order valence-corrected chi connectivity index (χ3v) is 4.65. The zero-order valence-corrected chi connectivity index (χ0v) is 13.2. The molecule has 1 aromatic rings. The van der Waals surface area contributed by atoms with Crippen LogP contribution < -0.4 is 10.6 Å². The molecule has 0 radical (unpaired) electrons. The SMILES string of the molecule is CC(C)CN1CCC(CN)(N(C)c2ccccc2)CC1. The summed E-state index contributed by atoms with van der Waals surface area (Å²) in [6, 6.07) is 10.6. The van der Waals surface area contributed by atoms with Gasteiger partial charge >= 0.3 is 0 Å². The molecule has 112 valence electrons. The van der Waals surface area contributed by atoms with Gasteiger partial charge in [-0.1, -0.05) is 32.0 Å². The molecular formula is C17H29N3. The van der Waals surface area contributed by atoms with Gasteiger partial charge in [0.1, 0.15) is 0 Å². The lowest BCUT2D eigenvalue weighted by molar-refractivity contribution is 0.148. The molecular weight excluding hydrogens is 246 g/mol. The Bertz CT molecular complexity index is 394. The zero-order chi connectivity index (χ0) is 14.6. The molecule has 0 bridgehead atoms. The Morgan fingerprint density at radius 1 is 1.20 bits per heavy atom. The first-order valence-corrected chi connectivity index (χ1v) is 7.79. The maximum absolute atomic E-state index is 6.16. The predicted molar refractivity (Wildman–Crippen MR) is 87.1 cm³/mol. The van der Waals surface area contributed by atoms with Gasteiger partial charge in [0.25, 0.3) is 0 Å². The average Bonchev–Trinajstić information content (AvgIpc) is 2.48. The van der Waals surface area contributed by atoms with Gasteiger partial charge in [-0.25, -0.2) is 0 Å². The number of para-hydroxylation sites is 1. The van der Waals surface area contributed by atoms with Gasteiger partial charge in [0.15, 0.2) is 0 Å². The Labute approximate surface area is 123 Å². The van der Waals surface area contributed by atoms with Crippen molar-refractivity contribution in [2.24, 2.45) is 11.7 Å². The number of anilines is 1. The number of piperidine rings is 1. The minimum absolute atomic E-state index is 0.120.